The van der Waals surface area contributed by atoms with Gasteiger partial charge >= 0.3 is 0 Å². The second-order valence-corrected chi connectivity index (χ2v) is 5.33. The molecule has 0 aromatic carbocycles. The van der Waals surface area contributed by atoms with Crippen LogP contribution >= 0.6 is 0 Å². The maximum atomic E-state index is 12.2. The highest BCUT2D eigenvalue weighted by Gasteiger charge is 2.27. The number of nitrogens with zero attached hydrogens (tertiary/aromatic N) is 1. The molecule has 1 aromatic rings. The van der Waals surface area contributed by atoms with Crippen molar-refractivity contribution in [3.63, 3.8) is 0 Å². The zero-order valence-corrected chi connectivity index (χ0v) is 10.6. The van der Waals surface area contributed by atoms with E-state index >= 15 is 0 Å². The third-order valence-corrected chi connectivity index (χ3v) is 4.35. The summed E-state index contributed by atoms with van der Waals surface area (Å²) < 4.78 is 30.7. The smallest absolute Gasteiger partial charge is 0.247 e. The Labute approximate surface area is 101 Å². The molecule has 0 aliphatic rings. The molecule has 0 aliphatic carbocycles. The third-order valence-electron chi connectivity index (χ3n) is 2.32. The lowest BCUT2D eigenvalue weighted by Gasteiger charge is -2.16. The minimum absolute atomic E-state index is 0.0118. The first-order chi connectivity index (χ1) is 7.97. The Balaban J connectivity index is 3.20. The number of hydrogen-bond acceptors (Lipinski definition) is 4. The van der Waals surface area contributed by atoms with Gasteiger partial charge in [-0.15, -0.1) is 6.42 Å². The molecule has 5 nitrogen and oxygen atoms in total. The van der Waals surface area contributed by atoms with E-state index in [2.05, 4.69) is 5.92 Å². The van der Waals surface area contributed by atoms with E-state index in [0.717, 1.165) is 0 Å². The van der Waals surface area contributed by atoms with Crippen molar-refractivity contribution in [3.05, 3.63) is 17.6 Å². The Morgan fingerprint density at radius 3 is 2.65 bits per heavy atom. The number of terminal acetylenes is 1. The summed E-state index contributed by atoms with van der Waals surface area (Å²) in [5, 5.41) is 8.91. The van der Waals surface area contributed by atoms with Crippen molar-refractivity contribution in [2.24, 2.45) is 0 Å². The monoisotopic (exact) mass is 257 g/mol. The van der Waals surface area contributed by atoms with Gasteiger partial charge in [0, 0.05) is 12.6 Å². The van der Waals surface area contributed by atoms with Crippen LogP contribution < -0.4 is 0 Å². The second-order valence-electron chi connectivity index (χ2n) is 3.43. The highest BCUT2D eigenvalue weighted by atomic mass is 32.2. The van der Waals surface area contributed by atoms with Gasteiger partial charge in [-0.25, -0.2) is 8.42 Å². The van der Waals surface area contributed by atoms with Crippen LogP contribution in [0.3, 0.4) is 0 Å². The molecule has 1 rings (SSSR count). The van der Waals surface area contributed by atoms with Crippen molar-refractivity contribution in [2.45, 2.75) is 25.3 Å². The van der Waals surface area contributed by atoms with Crippen molar-refractivity contribution >= 4 is 10.0 Å². The molecule has 1 N–H and O–H groups in total. The summed E-state index contributed by atoms with van der Waals surface area (Å²) in [6, 6.07) is 1.32. The van der Waals surface area contributed by atoms with Gasteiger partial charge in [-0.3, -0.25) is 0 Å². The first-order valence-corrected chi connectivity index (χ1v) is 6.55. The molecular weight excluding hydrogens is 242 g/mol. The van der Waals surface area contributed by atoms with Crippen molar-refractivity contribution in [1.82, 2.24) is 4.31 Å². The molecular formula is C11H15NO4S. The van der Waals surface area contributed by atoms with E-state index < -0.39 is 10.0 Å². The molecule has 0 atom stereocenters. The molecule has 0 saturated heterocycles. The lowest BCUT2D eigenvalue weighted by atomic mass is 10.4. The third kappa shape index (κ3) is 2.69. The summed E-state index contributed by atoms with van der Waals surface area (Å²) >= 11 is 0. The molecule has 1 aromatic heterocycles. The number of hydrogen-bond donors (Lipinski definition) is 1. The Kier molecular flexibility index (Phi) is 4.34. The van der Waals surface area contributed by atoms with Crippen LogP contribution in [0.5, 0.6) is 0 Å². The Hall–Kier alpha value is -1.29. The minimum atomic E-state index is -3.65. The van der Waals surface area contributed by atoms with Gasteiger partial charge in [0.15, 0.2) is 0 Å². The molecule has 0 amide bonds. The molecule has 6 heteroatoms. The molecule has 94 valence electrons. The molecule has 0 unspecified atom stereocenters. The number of aryl methyl sites for hydroxylation is 1. The molecule has 0 bridgehead atoms. The zero-order valence-electron chi connectivity index (χ0n) is 9.80. The first-order valence-electron chi connectivity index (χ1n) is 5.11. The summed E-state index contributed by atoms with van der Waals surface area (Å²) in [5.41, 5.74) is 0. The van der Waals surface area contributed by atoms with Gasteiger partial charge in [0.2, 0.25) is 10.0 Å². The summed E-state index contributed by atoms with van der Waals surface area (Å²) in [6.45, 7) is 3.20. The van der Waals surface area contributed by atoms with Gasteiger partial charge in [0.1, 0.15) is 23.0 Å². The van der Waals surface area contributed by atoms with Crippen molar-refractivity contribution in [2.75, 3.05) is 13.1 Å². The van der Waals surface area contributed by atoms with Crippen LogP contribution in [0.25, 0.3) is 0 Å². The lowest BCUT2D eigenvalue weighted by molar-refractivity contribution is 0.244. The molecule has 0 radical (unpaired) electrons. The normalized spacial score (nSPS) is 11.7. The van der Waals surface area contributed by atoms with Crippen LogP contribution in [0.15, 0.2) is 15.4 Å². The van der Waals surface area contributed by atoms with E-state index in [-0.39, 0.29) is 36.1 Å². The summed E-state index contributed by atoms with van der Waals surface area (Å²) in [4.78, 5) is 0.0543. The van der Waals surface area contributed by atoms with Crippen molar-refractivity contribution in [1.29, 1.82) is 0 Å². The molecule has 0 aliphatic heterocycles. The van der Waals surface area contributed by atoms with Crippen LogP contribution in [0.4, 0.5) is 0 Å². The average molecular weight is 257 g/mol. The molecule has 1 heterocycles. The number of aliphatic hydroxyl groups is 1. The van der Waals surface area contributed by atoms with Gasteiger partial charge in [0.05, 0.1) is 6.54 Å². The predicted octanol–water partition coefficient (Wildman–Crippen LogP) is 0.724. The largest absolute Gasteiger partial charge is 0.462 e. The standard InChI is InChI=1S/C11H15NO4S/c1-4-6-12(5-2)17(14,15)11-7-10(8-13)16-9(11)3/h1,7,13H,5-6,8H2,2-3H3. The topological polar surface area (TPSA) is 70.8 Å². The van der Waals surface area contributed by atoms with Crippen LogP contribution in [0.1, 0.15) is 18.4 Å². The predicted molar refractivity (Wildman–Crippen MR) is 62.6 cm³/mol. The van der Waals surface area contributed by atoms with Gasteiger partial charge in [-0.2, -0.15) is 4.31 Å². The van der Waals surface area contributed by atoms with E-state index in [1.54, 1.807) is 6.92 Å². The van der Waals surface area contributed by atoms with Gasteiger partial charge in [-0.05, 0) is 6.92 Å². The fourth-order valence-electron chi connectivity index (χ4n) is 1.47. The Morgan fingerprint density at radius 2 is 2.24 bits per heavy atom. The van der Waals surface area contributed by atoms with E-state index in [4.69, 9.17) is 15.9 Å². The van der Waals surface area contributed by atoms with Crippen molar-refractivity contribution in [3.8, 4) is 12.3 Å². The summed E-state index contributed by atoms with van der Waals surface area (Å²) in [7, 11) is -3.65. The van der Waals surface area contributed by atoms with E-state index in [0.29, 0.717) is 0 Å². The molecule has 0 fully saturated rings. The summed E-state index contributed by atoms with van der Waals surface area (Å²) in [6.07, 6.45) is 5.13. The average Bonchev–Trinajstić information content (AvgIpc) is 2.67. The van der Waals surface area contributed by atoms with Crippen LogP contribution in [0.2, 0.25) is 0 Å². The van der Waals surface area contributed by atoms with Crippen LogP contribution in [-0.2, 0) is 16.6 Å². The summed E-state index contributed by atoms with van der Waals surface area (Å²) in [5.74, 6) is 2.78. The van der Waals surface area contributed by atoms with Gasteiger partial charge in [0.25, 0.3) is 0 Å². The van der Waals surface area contributed by atoms with E-state index in [9.17, 15) is 8.42 Å². The highest BCUT2D eigenvalue weighted by molar-refractivity contribution is 7.89. The lowest BCUT2D eigenvalue weighted by Crippen LogP contribution is -2.31. The maximum Gasteiger partial charge on any atom is 0.247 e. The number of sulfonamides is 1. The molecule has 17 heavy (non-hydrogen) atoms. The minimum Gasteiger partial charge on any atom is -0.462 e. The van der Waals surface area contributed by atoms with Gasteiger partial charge in [-0.1, -0.05) is 12.8 Å². The van der Waals surface area contributed by atoms with Crippen LogP contribution in [-0.4, -0.2) is 30.9 Å². The Bertz CT molecular complexity index is 524. The van der Waals surface area contributed by atoms with Crippen LogP contribution in [0, 0.1) is 19.3 Å². The van der Waals surface area contributed by atoms with Crippen molar-refractivity contribution < 1.29 is 17.9 Å². The number of furan rings is 1. The fourth-order valence-corrected chi connectivity index (χ4v) is 3.01. The maximum absolute atomic E-state index is 12.2. The molecule has 0 spiro atoms. The SMILES string of the molecule is C#CCN(CC)S(=O)(=O)c1cc(CO)oc1C. The number of rotatable bonds is 5. The van der Waals surface area contributed by atoms with Gasteiger partial charge < -0.3 is 9.52 Å². The first kappa shape index (κ1) is 13.8. The second kappa shape index (κ2) is 5.36. The Morgan fingerprint density at radius 1 is 1.59 bits per heavy atom. The number of aliphatic hydroxyl groups excluding tert-OH is 1. The fraction of sp³-hybridized carbons (Fsp3) is 0.455. The highest BCUT2D eigenvalue weighted by Crippen LogP contribution is 2.23. The zero-order chi connectivity index (χ0) is 13.1. The van der Waals surface area contributed by atoms with E-state index in [1.165, 1.54) is 17.3 Å². The molecule has 0 saturated carbocycles. The van der Waals surface area contributed by atoms with E-state index in [1.807, 2.05) is 0 Å². The quantitative estimate of drug-likeness (QED) is 0.789.